The molecule has 2 aromatic rings. The van der Waals surface area contributed by atoms with Crippen LogP contribution in [0.1, 0.15) is 16.7 Å². The monoisotopic (exact) mass is 229 g/mol. The molecule has 2 rings (SSSR count). The number of rotatable bonds is 3. The molecule has 0 spiro atoms. The van der Waals surface area contributed by atoms with E-state index in [-0.39, 0.29) is 12.1 Å². The fraction of sp³-hybridized carbons (Fsp3) is 0.231. The smallest absolute Gasteiger partial charge is 0.255 e. The Hall–Kier alpha value is -1.94. The van der Waals surface area contributed by atoms with E-state index in [0.29, 0.717) is 12.1 Å². The van der Waals surface area contributed by atoms with Crippen LogP contribution in [0.4, 0.5) is 0 Å². The van der Waals surface area contributed by atoms with Crippen LogP contribution in [0.3, 0.4) is 0 Å². The first kappa shape index (κ1) is 11.5. The van der Waals surface area contributed by atoms with Gasteiger partial charge in [-0.15, -0.1) is 0 Å². The highest BCUT2D eigenvalue weighted by molar-refractivity contribution is 5.18. The number of pyridine rings is 2. The molecule has 0 aliphatic carbocycles. The van der Waals surface area contributed by atoms with Crippen LogP contribution in [0.15, 0.2) is 41.6 Å². The van der Waals surface area contributed by atoms with Gasteiger partial charge in [-0.2, -0.15) is 0 Å². The highest BCUT2D eigenvalue weighted by Crippen LogP contribution is 2.03. The first-order chi connectivity index (χ1) is 8.20. The Balaban J connectivity index is 2.34. The second kappa shape index (κ2) is 4.93. The van der Waals surface area contributed by atoms with E-state index in [1.54, 1.807) is 29.2 Å². The highest BCUT2D eigenvalue weighted by atomic mass is 16.1. The van der Waals surface area contributed by atoms with Crippen LogP contribution in [0, 0.1) is 6.92 Å². The van der Waals surface area contributed by atoms with E-state index >= 15 is 0 Å². The van der Waals surface area contributed by atoms with Gasteiger partial charge in [0.15, 0.2) is 0 Å². The topological polar surface area (TPSA) is 60.9 Å². The molecule has 0 bridgehead atoms. The molecule has 0 aliphatic heterocycles. The number of aryl methyl sites for hydroxylation is 1. The number of nitrogens with zero attached hydrogens (tertiary/aromatic N) is 2. The van der Waals surface area contributed by atoms with Crippen molar-refractivity contribution < 1.29 is 0 Å². The molecule has 2 aromatic heterocycles. The predicted octanol–water partition coefficient (Wildman–Crippen LogP) is 1.06. The van der Waals surface area contributed by atoms with Crippen molar-refractivity contribution in [3.63, 3.8) is 0 Å². The maximum Gasteiger partial charge on any atom is 0.255 e. The number of hydrogen-bond acceptors (Lipinski definition) is 3. The zero-order valence-corrected chi connectivity index (χ0v) is 9.76. The van der Waals surface area contributed by atoms with Crippen LogP contribution in [0.25, 0.3) is 0 Å². The van der Waals surface area contributed by atoms with Crippen LogP contribution >= 0.6 is 0 Å². The fourth-order valence-electron chi connectivity index (χ4n) is 1.77. The van der Waals surface area contributed by atoms with E-state index in [2.05, 4.69) is 4.98 Å². The van der Waals surface area contributed by atoms with Gasteiger partial charge < -0.3 is 10.3 Å². The van der Waals surface area contributed by atoms with Gasteiger partial charge in [0.1, 0.15) is 0 Å². The fourth-order valence-corrected chi connectivity index (χ4v) is 1.77. The number of nitrogens with two attached hydrogens (primary N) is 1. The van der Waals surface area contributed by atoms with Crippen LogP contribution in [0.2, 0.25) is 0 Å². The lowest BCUT2D eigenvalue weighted by Crippen LogP contribution is -2.25. The van der Waals surface area contributed by atoms with E-state index in [4.69, 9.17) is 5.73 Å². The average Bonchev–Trinajstić information content (AvgIpc) is 2.32. The summed E-state index contributed by atoms with van der Waals surface area (Å²) in [6.45, 7) is 2.78. The minimum Gasteiger partial charge on any atom is -0.326 e. The van der Waals surface area contributed by atoms with Crippen molar-refractivity contribution >= 4 is 0 Å². The molecule has 0 fully saturated rings. The van der Waals surface area contributed by atoms with Crippen molar-refractivity contribution in [2.45, 2.75) is 20.0 Å². The minimum absolute atomic E-state index is 0.0310. The maximum absolute atomic E-state index is 12.0. The Morgan fingerprint density at radius 2 is 2.24 bits per heavy atom. The summed E-state index contributed by atoms with van der Waals surface area (Å²) < 4.78 is 1.65. The van der Waals surface area contributed by atoms with E-state index in [1.807, 2.05) is 19.1 Å². The summed E-state index contributed by atoms with van der Waals surface area (Å²) in [7, 11) is 0. The molecular weight excluding hydrogens is 214 g/mol. The number of hydrogen-bond donors (Lipinski definition) is 1. The zero-order chi connectivity index (χ0) is 12.3. The summed E-state index contributed by atoms with van der Waals surface area (Å²) in [6, 6.07) is 5.62. The van der Waals surface area contributed by atoms with Crippen LogP contribution < -0.4 is 11.3 Å². The van der Waals surface area contributed by atoms with E-state index in [9.17, 15) is 4.79 Å². The molecule has 0 saturated carbocycles. The van der Waals surface area contributed by atoms with Gasteiger partial charge in [-0.3, -0.25) is 9.78 Å². The van der Waals surface area contributed by atoms with Gasteiger partial charge in [0.2, 0.25) is 0 Å². The molecular formula is C13H15N3O. The molecule has 0 saturated heterocycles. The lowest BCUT2D eigenvalue weighted by Gasteiger charge is -2.07. The van der Waals surface area contributed by atoms with Crippen molar-refractivity contribution in [2.24, 2.45) is 5.73 Å². The van der Waals surface area contributed by atoms with E-state index < -0.39 is 0 Å². The highest BCUT2D eigenvalue weighted by Gasteiger charge is 2.02. The third-order valence-corrected chi connectivity index (χ3v) is 2.60. The third-order valence-electron chi connectivity index (χ3n) is 2.60. The van der Waals surface area contributed by atoms with Crippen molar-refractivity contribution in [2.75, 3.05) is 0 Å². The second-order valence-electron chi connectivity index (χ2n) is 4.04. The second-order valence-corrected chi connectivity index (χ2v) is 4.04. The Morgan fingerprint density at radius 1 is 1.41 bits per heavy atom. The Kier molecular flexibility index (Phi) is 3.35. The summed E-state index contributed by atoms with van der Waals surface area (Å²) in [5, 5.41) is 0. The lowest BCUT2D eigenvalue weighted by atomic mass is 10.2. The molecule has 0 aromatic carbocycles. The third kappa shape index (κ3) is 2.60. The van der Waals surface area contributed by atoms with Crippen LogP contribution in [0.5, 0.6) is 0 Å². The molecule has 2 heterocycles. The summed E-state index contributed by atoms with van der Waals surface area (Å²) in [4.78, 5) is 16.1. The Morgan fingerprint density at radius 3 is 2.94 bits per heavy atom. The van der Waals surface area contributed by atoms with Crippen molar-refractivity contribution in [1.82, 2.24) is 9.55 Å². The van der Waals surface area contributed by atoms with Crippen LogP contribution in [-0.2, 0) is 13.1 Å². The molecule has 0 radical (unpaired) electrons. The molecule has 4 heteroatoms. The first-order valence-electron chi connectivity index (χ1n) is 5.49. The summed E-state index contributed by atoms with van der Waals surface area (Å²) >= 11 is 0. The van der Waals surface area contributed by atoms with Gasteiger partial charge in [0, 0.05) is 30.7 Å². The van der Waals surface area contributed by atoms with Gasteiger partial charge in [-0.25, -0.2) is 0 Å². The lowest BCUT2D eigenvalue weighted by molar-refractivity contribution is 0.740. The average molecular weight is 229 g/mol. The van der Waals surface area contributed by atoms with Crippen molar-refractivity contribution in [1.29, 1.82) is 0 Å². The van der Waals surface area contributed by atoms with E-state index in [0.717, 1.165) is 11.1 Å². The first-order valence-corrected chi connectivity index (χ1v) is 5.49. The Bertz CT molecular complexity index is 575. The minimum atomic E-state index is -0.0310. The van der Waals surface area contributed by atoms with Gasteiger partial charge in [-0.05, 0) is 24.1 Å². The van der Waals surface area contributed by atoms with Crippen molar-refractivity contribution in [3.8, 4) is 0 Å². The quantitative estimate of drug-likeness (QED) is 0.856. The summed E-state index contributed by atoms with van der Waals surface area (Å²) in [5.74, 6) is 0. The predicted molar refractivity (Wildman–Crippen MR) is 66.7 cm³/mol. The molecule has 88 valence electrons. The molecule has 0 atom stereocenters. The Labute approximate surface area is 99.7 Å². The summed E-state index contributed by atoms with van der Waals surface area (Å²) in [5.41, 5.74) is 8.22. The number of aromatic nitrogens is 2. The van der Waals surface area contributed by atoms with Crippen LogP contribution in [-0.4, -0.2) is 9.55 Å². The molecule has 0 aliphatic rings. The molecule has 2 N–H and O–H groups in total. The zero-order valence-electron chi connectivity index (χ0n) is 9.76. The molecule has 0 unspecified atom stereocenters. The molecule has 4 nitrogen and oxygen atoms in total. The largest absolute Gasteiger partial charge is 0.326 e. The van der Waals surface area contributed by atoms with E-state index in [1.165, 1.54) is 0 Å². The summed E-state index contributed by atoms with van der Waals surface area (Å²) in [6.07, 6.45) is 5.33. The normalized spacial score (nSPS) is 10.5. The maximum atomic E-state index is 12.0. The van der Waals surface area contributed by atoms with Gasteiger partial charge in [-0.1, -0.05) is 12.1 Å². The SMILES string of the molecule is Cc1cncc(Cn2cccc(CN)c2=O)c1. The van der Waals surface area contributed by atoms with Gasteiger partial charge in [0.05, 0.1) is 6.54 Å². The molecule has 0 amide bonds. The standard InChI is InChI=1S/C13H15N3O/c1-10-5-11(8-15-7-10)9-16-4-2-3-12(6-14)13(16)17/h2-5,7-8H,6,9,14H2,1H3. The van der Waals surface area contributed by atoms with Gasteiger partial charge >= 0.3 is 0 Å². The van der Waals surface area contributed by atoms with Crippen molar-refractivity contribution in [3.05, 3.63) is 63.8 Å². The van der Waals surface area contributed by atoms with Gasteiger partial charge in [0.25, 0.3) is 5.56 Å². The molecule has 17 heavy (non-hydrogen) atoms.